The number of imidazole rings is 1. The Morgan fingerprint density at radius 3 is 2.08 bits per heavy atom. The Labute approximate surface area is 398 Å². The summed E-state index contributed by atoms with van der Waals surface area (Å²) in [7, 11) is -1.40. The summed E-state index contributed by atoms with van der Waals surface area (Å²) in [5, 5.41) is 3.65. The molecule has 327 valence electrons. The Bertz CT molecular complexity index is 3240. The third kappa shape index (κ3) is 9.35. The van der Waals surface area contributed by atoms with E-state index in [0.717, 1.165) is 67.7 Å². The van der Waals surface area contributed by atoms with Gasteiger partial charge in [0.05, 0.1) is 36.2 Å². The van der Waals surface area contributed by atoms with Crippen LogP contribution in [0.5, 0.6) is 0 Å². The summed E-state index contributed by atoms with van der Waals surface area (Å²) >= 11 is 0. The number of pyridine rings is 1. The van der Waals surface area contributed by atoms with E-state index in [0.29, 0.717) is 5.92 Å². The molecule has 0 saturated heterocycles. The second kappa shape index (κ2) is 18.7. The van der Waals surface area contributed by atoms with Crippen LogP contribution in [0.15, 0.2) is 174 Å². The van der Waals surface area contributed by atoms with Crippen LogP contribution in [0.2, 0.25) is 19.6 Å². The van der Waals surface area contributed by atoms with Crippen LogP contribution in [-0.4, -0.2) is 22.6 Å². The maximum Gasteiger partial charge on any atom is 0.120 e. The molecular weight excluding hydrogens is 987 g/mol. The van der Waals surface area contributed by atoms with Gasteiger partial charge in [-0.15, -0.1) is 53.6 Å². The molecule has 0 amide bonds. The molecule has 3 heterocycles. The number of nitrogens with zero attached hydrogens (tertiary/aromatic N) is 3. The smallest absolute Gasteiger partial charge is 0.120 e. The fourth-order valence-corrected chi connectivity index (χ4v) is 10.5. The number of hydrogen-bond donors (Lipinski definition) is 0. The number of hydrogen-bond acceptors (Lipinski definition) is 3. The van der Waals surface area contributed by atoms with E-state index in [-0.39, 0.29) is 25.5 Å². The molecule has 0 unspecified atom stereocenters. The first kappa shape index (κ1) is 45.4. The largest absolute Gasteiger partial charge is 0.501 e. The van der Waals surface area contributed by atoms with Crippen LogP contribution in [0.25, 0.3) is 83.6 Å². The van der Waals surface area contributed by atoms with Gasteiger partial charge in [-0.2, -0.15) is 0 Å². The summed E-state index contributed by atoms with van der Waals surface area (Å²) in [6, 6.07) is 63.8. The van der Waals surface area contributed by atoms with Crippen molar-refractivity contribution >= 4 is 46.2 Å². The van der Waals surface area contributed by atoms with Crippen molar-refractivity contribution in [2.24, 2.45) is 5.92 Å². The molecule has 0 aliphatic carbocycles. The Kier molecular flexibility index (Phi) is 13.1. The minimum atomic E-state index is -1.40. The van der Waals surface area contributed by atoms with E-state index in [1.54, 1.807) is 0 Å². The average Bonchev–Trinajstić information content (AvgIpc) is 3.88. The van der Waals surface area contributed by atoms with Gasteiger partial charge < -0.3 is 14.0 Å². The van der Waals surface area contributed by atoms with E-state index < -0.39 is 8.07 Å². The second-order valence-electron chi connectivity index (χ2n) is 19.2. The van der Waals surface area contributed by atoms with Gasteiger partial charge in [0.2, 0.25) is 0 Å². The van der Waals surface area contributed by atoms with Gasteiger partial charge in [-0.3, -0.25) is 4.98 Å². The molecule has 0 spiro atoms. The first-order valence-electron chi connectivity index (χ1n) is 22.4. The van der Waals surface area contributed by atoms with Gasteiger partial charge >= 0.3 is 0 Å². The zero-order valence-corrected chi connectivity index (χ0v) is 41.9. The monoisotopic (exact) mass is 1040 g/mol. The Balaban J connectivity index is 0.000000188. The van der Waals surface area contributed by atoms with Crippen molar-refractivity contribution in [1.82, 2.24) is 14.5 Å². The van der Waals surface area contributed by atoms with Crippen molar-refractivity contribution < 1.29 is 24.5 Å². The van der Waals surface area contributed by atoms with E-state index in [2.05, 4.69) is 205 Å². The summed E-state index contributed by atoms with van der Waals surface area (Å²) in [5.74, 6) is 1.46. The van der Waals surface area contributed by atoms with E-state index in [4.69, 9.17) is 14.4 Å². The first-order valence-corrected chi connectivity index (χ1v) is 25.9. The van der Waals surface area contributed by atoms with Gasteiger partial charge in [-0.1, -0.05) is 186 Å². The zero-order chi connectivity index (χ0) is 44.6. The number of furan rings is 1. The van der Waals surface area contributed by atoms with Crippen LogP contribution in [0.3, 0.4) is 0 Å². The normalized spacial score (nSPS) is 11.8. The topological polar surface area (TPSA) is 43.9 Å². The number of para-hydroxylation sites is 4. The molecular formula is C59H55IrN3OSi-2. The van der Waals surface area contributed by atoms with Crippen molar-refractivity contribution in [3.63, 3.8) is 0 Å². The molecule has 1 radical (unpaired) electrons. The summed E-state index contributed by atoms with van der Waals surface area (Å²) in [4.78, 5) is 10.0. The van der Waals surface area contributed by atoms with Crippen LogP contribution in [0, 0.1) is 18.1 Å². The van der Waals surface area contributed by atoms with Gasteiger partial charge in [0.1, 0.15) is 5.58 Å². The predicted molar refractivity (Wildman–Crippen MR) is 272 cm³/mol. The summed E-state index contributed by atoms with van der Waals surface area (Å²) in [5.41, 5.74) is 15.1. The third-order valence-corrected chi connectivity index (χ3v) is 14.0. The van der Waals surface area contributed by atoms with E-state index in [1.807, 2.05) is 36.4 Å². The minimum Gasteiger partial charge on any atom is -0.501 e. The number of rotatable bonds is 8. The van der Waals surface area contributed by atoms with Crippen LogP contribution in [0.4, 0.5) is 0 Å². The zero-order valence-electron chi connectivity index (χ0n) is 38.5. The molecule has 0 aliphatic rings. The van der Waals surface area contributed by atoms with Gasteiger partial charge in [0.15, 0.2) is 0 Å². The van der Waals surface area contributed by atoms with Crippen molar-refractivity contribution in [1.29, 1.82) is 0 Å². The maximum atomic E-state index is 6.45. The fourth-order valence-electron chi connectivity index (χ4n) is 8.87. The van der Waals surface area contributed by atoms with Gasteiger partial charge in [-0.05, 0) is 63.5 Å². The van der Waals surface area contributed by atoms with Crippen LogP contribution < -0.4 is 5.19 Å². The summed E-state index contributed by atoms with van der Waals surface area (Å²) in [6.07, 6.45) is 3.23. The van der Waals surface area contributed by atoms with Crippen LogP contribution in [-0.2, 0) is 31.9 Å². The van der Waals surface area contributed by atoms with Crippen molar-refractivity contribution in [2.75, 3.05) is 0 Å². The molecule has 0 bridgehead atoms. The Morgan fingerprint density at radius 2 is 1.35 bits per heavy atom. The second-order valence-corrected chi connectivity index (χ2v) is 24.2. The Hall–Kier alpha value is -6.17. The number of benzene rings is 7. The Morgan fingerprint density at radius 1 is 0.677 bits per heavy atom. The molecule has 0 atom stereocenters. The van der Waals surface area contributed by atoms with Crippen LogP contribution in [0.1, 0.15) is 45.7 Å². The quantitative estimate of drug-likeness (QED) is 0.113. The van der Waals surface area contributed by atoms with Crippen LogP contribution >= 0.6 is 0 Å². The standard InChI is InChI=1S/C35H27N2O.C24H28NSi.Ir/c1-35(2,3)28-19-12-16-24(23-13-5-4-6-14-23)32(28)37-30-21-9-8-20-29(30)36-34(37)27-18-11-17-26-25-15-7-10-22-31(25)38-33(26)27;1-18(2)14-22-16-23(25-17-24(22)26(3,4)5)21-13-9-12-20(15-21)19-10-7-6-8-11-19;/h4-17,19-22H,1-3H3;6-12,15-18H,14H2,1-5H3;/q2*-1;. The summed E-state index contributed by atoms with van der Waals surface area (Å²) in [6.45, 7) is 18.6. The fraction of sp³-hybridized carbons (Fsp3) is 0.186. The SMILES string of the molecule is CC(C)(C)c1cccc(-c2ccccc2)c1-n1c(-c2[c-]ccc3c2oc2ccccc23)nc2ccccc21.CC(C)Cc1cc(-c2[c-]ccc(-c3ccccc3)c2)ncc1[Si](C)(C)C.[Ir]. The van der Waals surface area contributed by atoms with Gasteiger partial charge in [0, 0.05) is 37.3 Å². The van der Waals surface area contributed by atoms with Crippen molar-refractivity contribution in [3.05, 3.63) is 193 Å². The van der Waals surface area contributed by atoms with Crippen molar-refractivity contribution in [3.8, 4) is 50.6 Å². The third-order valence-electron chi connectivity index (χ3n) is 11.9. The van der Waals surface area contributed by atoms with E-state index in [9.17, 15) is 0 Å². The predicted octanol–water partition coefficient (Wildman–Crippen LogP) is 15.3. The molecule has 7 aromatic carbocycles. The molecule has 0 aliphatic heterocycles. The molecule has 10 rings (SSSR count). The van der Waals surface area contributed by atoms with E-state index in [1.165, 1.54) is 38.6 Å². The first-order chi connectivity index (χ1) is 30.8. The van der Waals surface area contributed by atoms with E-state index >= 15 is 0 Å². The molecule has 0 N–H and O–H groups in total. The molecule has 0 saturated carbocycles. The molecule has 10 aromatic rings. The average molecular weight is 1040 g/mol. The molecule has 6 heteroatoms. The molecule has 65 heavy (non-hydrogen) atoms. The molecule has 0 fully saturated rings. The maximum absolute atomic E-state index is 6.45. The van der Waals surface area contributed by atoms with Gasteiger partial charge in [-0.25, -0.2) is 0 Å². The molecule has 3 aromatic heterocycles. The van der Waals surface area contributed by atoms with Crippen molar-refractivity contribution in [2.45, 2.75) is 66.1 Å². The number of fused-ring (bicyclic) bond motifs is 4. The number of aromatic nitrogens is 3. The minimum absolute atomic E-state index is 0. The van der Waals surface area contributed by atoms with Gasteiger partial charge in [0.25, 0.3) is 0 Å². The summed E-state index contributed by atoms with van der Waals surface area (Å²) < 4.78 is 8.77. The molecule has 4 nitrogen and oxygen atoms in total.